The molecule has 5 nitrogen and oxygen atoms in total. The van der Waals surface area contributed by atoms with Crippen LogP contribution in [0.25, 0.3) is 0 Å². The van der Waals surface area contributed by atoms with Gasteiger partial charge in [0.05, 0.1) is 19.8 Å². The summed E-state index contributed by atoms with van der Waals surface area (Å²) < 4.78 is 10.8. The lowest BCUT2D eigenvalue weighted by Crippen LogP contribution is -2.38. The summed E-state index contributed by atoms with van der Waals surface area (Å²) >= 11 is 0. The van der Waals surface area contributed by atoms with Crippen LogP contribution in [-0.2, 0) is 11.3 Å². The smallest absolute Gasteiger partial charge is 0.118 e. The highest BCUT2D eigenvalue weighted by molar-refractivity contribution is 5.27. The number of rotatable bonds is 12. The van der Waals surface area contributed by atoms with Crippen LogP contribution in [0.2, 0.25) is 0 Å². The molecule has 24 heavy (non-hydrogen) atoms. The Kier molecular flexibility index (Phi) is 9.95. The van der Waals surface area contributed by atoms with Gasteiger partial charge in [0.1, 0.15) is 5.75 Å². The zero-order chi connectivity index (χ0) is 17.9. The van der Waals surface area contributed by atoms with E-state index in [1.807, 2.05) is 12.1 Å². The molecule has 0 aliphatic rings. The summed E-state index contributed by atoms with van der Waals surface area (Å²) in [5.41, 5.74) is 1.21. The molecule has 0 aromatic heterocycles. The first kappa shape index (κ1) is 20.9. The summed E-state index contributed by atoms with van der Waals surface area (Å²) in [6, 6.07) is 8.09. The molecule has 138 valence electrons. The summed E-state index contributed by atoms with van der Waals surface area (Å²) in [4.78, 5) is 4.42. The Morgan fingerprint density at radius 3 is 2.25 bits per heavy atom. The Labute approximate surface area is 147 Å². The minimum Gasteiger partial charge on any atom is -0.497 e. The van der Waals surface area contributed by atoms with Crippen LogP contribution in [0.15, 0.2) is 24.3 Å². The number of aliphatic hydroxyl groups excluding tert-OH is 1. The van der Waals surface area contributed by atoms with Gasteiger partial charge in [0.25, 0.3) is 0 Å². The van der Waals surface area contributed by atoms with E-state index in [-0.39, 0.29) is 0 Å². The van der Waals surface area contributed by atoms with Crippen molar-refractivity contribution in [3.8, 4) is 5.75 Å². The summed E-state index contributed by atoms with van der Waals surface area (Å²) in [6.07, 6.45) is -0.468. The van der Waals surface area contributed by atoms with Crippen LogP contribution in [-0.4, -0.2) is 75.1 Å². The Morgan fingerprint density at radius 1 is 1.04 bits per heavy atom. The number of likely N-dealkylation sites (N-methyl/N-ethyl adjacent to an activating group) is 1. The molecule has 5 heteroatoms. The number of hydrogen-bond acceptors (Lipinski definition) is 5. The van der Waals surface area contributed by atoms with E-state index in [0.29, 0.717) is 25.7 Å². The van der Waals surface area contributed by atoms with Crippen LogP contribution in [0.5, 0.6) is 5.75 Å². The molecule has 1 unspecified atom stereocenters. The van der Waals surface area contributed by atoms with Gasteiger partial charge >= 0.3 is 0 Å². The van der Waals surface area contributed by atoms with Gasteiger partial charge in [0.2, 0.25) is 0 Å². The number of nitrogens with zero attached hydrogens (tertiary/aromatic N) is 2. The van der Waals surface area contributed by atoms with E-state index in [1.54, 1.807) is 7.11 Å². The molecule has 1 atom stereocenters. The lowest BCUT2D eigenvalue weighted by atomic mass is 10.2. The maximum atomic E-state index is 10.3. The SMILES string of the molecule is COc1ccc(CN(CCN(C)C)CC(O)COCC(C)C)cc1. The molecule has 0 radical (unpaired) electrons. The van der Waals surface area contributed by atoms with Crippen LogP contribution in [0.3, 0.4) is 0 Å². The third kappa shape index (κ3) is 9.23. The highest BCUT2D eigenvalue weighted by Crippen LogP contribution is 2.13. The molecule has 0 saturated carbocycles. The maximum Gasteiger partial charge on any atom is 0.118 e. The molecule has 0 bridgehead atoms. The van der Waals surface area contributed by atoms with Gasteiger partial charge in [-0.15, -0.1) is 0 Å². The summed E-state index contributed by atoms with van der Waals surface area (Å²) in [6.45, 7) is 8.57. The zero-order valence-electron chi connectivity index (χ0n) is 15.9. The second-order valence-electron chi connectivity index (χ2n) is 6.97. The molecular formula is C19H34N2O3. The molecule has 0 amide bonds. The van der Waals surface area contributed by atoms with E-state index in [1.165, 1.54) is 5.56 Å². The van der Waals surface area contributed by atoms with Crippen molar-refractivity contribution in [2.45, 2.75) is 26.5 Å². The molecule has 1 N–H and O–H groups in total. The van der Waals surface area contributed by atoms with Crippen molar-refractivity contribution in [1.29, 1.82) is 0 Å². The molecule has 0 spiro atoms. The van der Waals surface area contributed by atoms with Crippen molar-refractivity contribution < 1.29 is 14.6 Å². The van der Waals surface area contributed by atoms with Gasteiger partial charge in [0.15, 0.2) is 0 Å². The third-order valence-electron chi connectivity index (χ3n) is 3.66. The van der Waals surface area contributed by atoms with Gasteiger partial charge in [-0.3, -0.25) is 4.90 Å². The predicted molar refractivity (Wildman–Crippen MR) is 98.5 cm³/mol. The molecule has 1 aromatic rings. The molecule has 0 saturated heterocycles. The van der Waals surface area contributed by atoms with Crippen LogP contribution < -0.4 is 4.74 Å². The molecular weight excluding hydrogens is 304 g/mol. The van der Waals surface area contributed by atoms with E-state index >= 15 is 0 Å². The average Bonchev–Trinajstić information content (AvgIpc) is 2.53. The Morgan fingerprint density at radius 2 is 1.71 bits per heavy atom. The number of ether oxygens (including phenoxy) is 2. The lowest BCUT2D eigenvalue weighted by Gasteiger charge is -2.26. The molecule has 0 heterocycles. The van der Waals surface area contributed by atoms with Crippen molar-refractivity contribution in [1.82, 2.24) is 9.80 Å². The maximum absolute atomic E-state index is 10.3. The second-order valence-corrected chi connectivity index (χ2v) is 6.97. The van der Waals surface area contributed by atoms with Gasteiger partial charge in [-0.2, -0.15) is 0 Å². The fourth-order valence-electron chi connectivity index (χ4n) is 2.36. The highest BCUT2D eigenvalue weighted by Gasteiger charge is 2.13. The number of benzene rings is 1. The molecule has 1 rings (SSSR count). The van der Waals surface area contributed by atoms with E-state index in [2.05, 4.69) is 49.9 Å². The van der Waals surface area contributed by atoms with E-state index < -0.39 is 6.10 Å². The van der Waals surface area contributed by atoms with Crippen LogP contribution in [0.4, 0.5) is 0 Å². The van der Waals surface area contributed by atoms with Crippen molar-refractivity contribution in [3.05, 3.63) is 29.8 Å². The number of aliphatic hydroxyl groups is 1. The normalized spacial score (nSPS) is 13.0. The first-order valence-electron chi connectivity index (χ1n) is 8.66. The zero-order valence-corrected chi connectivity index (χ0v) is 15.9. The van der Waals surface area contributed by atoms with Crippen molar-refractivity contribution >= 4 is 0 Å². The van der Waals surface area contributed by atoms with Gasteiger partial charge in [0, 0.05) is 32.8 Å². The lowest BCUT2D eigenvalue weighted by molar-refractivity contribution is 0.00614. The average molecular weight is 338 g/mol. The van der Waals surface area contributed by atoms with Gasteiger partial charge in [-0.1, -0.05) is 26.0 Å². The van der Waals surface area contributed by atoms with Gasteiger partial charge < -0.3 is 19.5 Å². The first-order valence-corrected chi connectivity index (χ1v) is 8.66. The number of methoxy groups -OCH3 is 1. The fraction of sp³-hybridized carbons (Fsp3) is 0.684. The summed E-state index contributed by atoms with van der Waals surface area (Å²) in [5, 5.41) is 10.3. The van der Waals surface area contributed by atoms with Gasteiger partial charge in [-0.05, 0) is 37.7 Å². The van der Waals surface area contributed by atoms with Crippen molar-refractivity contribution in [2.75, 3.05) is 54.1 Å². The first-order chi connectivity index (χ1) is 11.4. The second kappa shape index (κ2) is 11.4. The van der Waals surface area contributed by atoms with Crippen LogP contribution in [0.1, 0.15) is 19.4 Å². The number of hydrogen-bond donors (Lipinski definition) is 1. The van der Waals surface area contributed by atoms with Crippen molar-refractivity contribution in [3.63, 3.8) is 0 Å². The summed E-state index contributed by atoms with van der Waals surface area (Å²) in [5.74, 6) is 1.35. The third-order valence-corrected chi connectivity index (χ3v) is 3.66. The van der Waals surface area contributed by atoms with E-state index in [0.717, 1.165) is 25.4 Å². The topological polar surface area (TPSA) is 45.2 Å². The summed E-state index contributed by atoms with van der Waals surface area (Å²) in [7, 11) is 5.80. The van der Waals surface area contributed by atoms with E-state index in [4.69, 9.17) is 9.47 Å². The highest BCUT2D eigenvalue weighted by atomic mass is 16.5. The van der Waals surface area contributed by atoms with E-state index in [9.17, 15) is 5.11 Å². The predicted octanol–water partition coefficient (Wildman–Crippen LogP) is 2.09. The fourth-order valence-corrected chi connectivity index (χ4v) is 2.36. The monoisotopic (exact) mass is 338 g/mol. The molecule has 0 aliphatic heterocycles. The van der Waals surface area contributed by atoms with Gasteiger partial charge in [-0.25, -0.2) is 0 Å². The van der Waals surface area contributed by atoms with Crippen molar-refractivity contribution in [2.24, 2.45) is 5.92 Å². The minimum absolute atomic E-state index is 0.388. The standard InChI is InChI=1S/C19H34N2O3/c1-16(2)14-24-15-18(22)13-21(11-10-20(3)4)12-17-6-8-19(23-5)9-7-17/h6-9,16,18,22H,10-15H2,1-5H3. The quantitative estimate of drug-likeness (QED) is 0.632. The van der Waals surface area contributed by atoms with Crippen LogP contribution in [0, 0.1) is 5.92 Å². The molecule has 1 aromatic carbocycles. The molecule has 0 aliphatic carbocycles. The minimum atomic E-state index is -0.468. The van der Waals surface area contributed by atoms with Crippen LogP contribution >= 0.6 is 0 Å². The molecule has 0 fully saturated rings. The largest absolute Gasteiger partial charge is 0.497 e. The Balaban J connectivity index is 2.54. The Hall–Kier alpha value is -1.14. The Bertz CT molecular complexity index is 435.